The summed E-state index contributed by atoms with van der Waals surface area (Å²) in [6.07, 6.45) is 3.80. The van der Waals surface area contributed by atoms with Crippen LogP contribution >= 0.6 is 0 Å². The van der Waals surface area contributed by atoms with Gasteiger partial charge in [-0.15, -0.1) is 0 Å². The van der Waals surface area contributed by atoms with E-state index in [9.17, 15) is 0 Å². The van der Waals surface area contributed by atoms with Gasteiger partial charge in [-0.3, -0.25) is 9.58 Å². The first-order valence-corrected chi connectivity index (χ1v) is 6.72. The lowest BCUT2D eigenvalue weighted by Crippen LogP contribution is -2.29. The van der Waals surface area contributed by atoms with Crippen molar-refractivity contribution in [1.82, 2.24) is 14.7 Å². The highest BCUT2D eigenvalue weighted by molar-refractivity contribution is 5.09. The first kappa shape index (κ1) is 12.6. The number of hydrogen-bond donors (Lipinski definition) is 1. The van der Waals surface area contributed by atoms with Crippen LogP contribution in [0.4, 0.5) is 0 Å². The Labute approximate surface area is 104 Å². The van der Waals surface area contributed by atoms with Crippen molar-refractivity contribution in [1.29, 1.82) is 0 Å². The number of nitrogens with two attached hydrogens (primary N) is 1. The summed E-state index contributed by atoms with van der Waals surface area (Å²) < 4.78 is 2.12. The molecule has 0 bridgehead atoms. The van der Waals surface area contributed by atoms with Crippen LogP contribution in [0.2, 0.25) is 0 Å². The molecular weight excluding hydrogens is 212 g/mol. The predicted molar refractivity (Wildman–Crippen MR) is 69.7 cm³/mol. The molecule has 1 fully saturated rings. The van der Waals surface area contributed by atoms with Gasteiger partial charge >= 0.3 is 0 Å². The summed E-state index contributed by atoms with van der Waals surface area (Å²) in [6.45, 7) is 8.11. The van der Waals surface area contributed by atoms with Gasteiger partial charge < -0.3 is 5.73 Å². The average molecular weight is 236 g/mol. The zero-order chi connectivity index (χ0) is 12.3. The molecule has 0 atom stereocenters. The zero-order valence-corrected chi connectivity index (χ0v) is 11.0. The van der Waals surface area contributed by atoms with E-state index < -0.39 is 0 Å². The van der Waals surface area contributed by atoms with Crippen LogP contribution in [0, 0.1) is 6.92 Å². The van der Waals surface area contributed by atoms with Gasteiger partial charge in [0, 0.05) is 25.7 Å². The van der Waals surface area contributed by atoms with Gasteiger partial charge in [-0.2, -0.15) is 5.10 Å². The normalized spacial score (nSPS) is 15.8. The quantitative estimate of drug-likeness (QED) is 0.781. The maximum absolute atomic E-state index is 5.61. The highest BCUT2D eigenvalue weighted by Crippen LogP contribution is 2.28. The Morgan fingerprint density at radius 2 is 2.29 bits per heavy atom. The van der Waals surface area contributed by atoms with Gasteiger partial charge in [-0.05, 0) is 45.7 Å². The molecule has 4 nitrogen and oxygen atoms in total. The molecule has 1 aliphatic rings. The maximum atomic E-state index is 5.61. The molecule has 0 amide bonds. The third kappa shape index (κ3) is 3.30. The molecular formula is C13H24N4. The topological polar surface area (TPSA) is 47.1 Å². The lowest BCUT2D eigenvalue weighted by molar-refractivity contribution is 0.245. The molecule has 1 saturated carbocycles. The summed E-state index contributed by atoms with van der Waals surface area (Å²) in [4.78, 5) is 2.56. The van der Waals surface area contributed by atoms with Crippen molar-refractivity contribution in [2.75, 3.05) is 13.1 Å². The predicted octanol–water partition coefficient (Wildman–Crippen LogP) is 1.52. The minimum Gasteiger partial charge on any atom is -0.330 e. The van der Waals surface area contributed by atoms with Crippen molar-refractivity contribution in [3.05, 3.63) is 17.5 Å². The molecule has 17 heavy (non-hydrogen) atoms. The molecule has 4 heteroatoms. The number of rotatable bonds is 7. The van der Waals surface area contributed by atoms with E-state index in [4.69, 9.17) is 5.73 Å². The summed E-state index contributed by atoms with van der Waals surface area (Å²) >= 11 is 0. The third-order valence-corrected chi connectivity index (χ3v) is 3.36. The minimum atomic E-state index is 0.787. The highest BCUT2D eigenvalue weighted by atomic mass is 15.3. The van der Waals surface area contributed by atoms with Gasteiger partial charge in [0.1, 0.15) is 0 Å². The van der Waals surface area contributed by atoms with Gasteiger partial charge in [-0.25, -0.2) is 0 Å². The van der Waals surface area contributed by atoms with E-state index >= 15 is 0 Å². The summed E-state index contributed by atoms with van der Waals surface area (Å²) in [5.74, 6) is 0. The van der Waals surface area contributed by atoms with Crippen molar-refractivity contribution in [3.8, 4) is 0 Å². The first-order chi connectivity index (χ1) is 8.24. The molecule has 2 N–H and O–H groups in total. The molecule has 0 saturated heterocycles. The third-order valence-electron chi connectivity index (χ3n) is 3.36. The van der Waals surface area contributed by atoms with Crippen LogP contribution in [0.1, 0.15) is 37.6 Å². The van der Waals surface area contributed by atoms with E-state index in [1.807, 2.05) is 0 Å². The lowest BCUT2D eigenvalue weighted by atomic mass is 10.3. The molecule has 1 aliphatic carbocycles. The summed E-state index contributed by atoms with van der Waals surface area (Å²) in [6, 6.07) is 3.00. The van der Waals surface area contributed by atoms with E-state index in [0.29, 0.717) is 0 Å². The van der Waals surface area contributed by atoms with Crippen molar-refractivity contribution in [2.24, 2.45) is 5.73 Å². The fraction of sp³-hybridized carbons (Fsp3) is 0.769. The van der Waals surface area contributed by atoms with E-state index in [0.717, 1.165) is 44.3 Å². The minimum absolute atomic E-state index is 0.787. The summed E-state index contributed by atoms with van der Waals surface area (Å²) in [5.41, 5.74) is 8.07. The molecule has 0 unspecified atom stereocenters. The molecule has 96 valence electrons. The van der Waals surface area contributed by atoms with E-state index in [1.54, 1.807) is 0 Å². The average Bonchev–Trinajstić information content (AvgIpc) is 3.09. The Bertz CT molecular complexity index is 354. The Hall–Kier alpha value is -0.870. The summed E-state index contributed by atoms with van der Waals surface area (Å²) in [5, 5.41) is 4.51. The number of aromatic nitrogens is 2. The largest absolute Gasteiger partial charge is 0.330 e. The molecule has 1 aromatic heterocycles. The molecule has 0 aromatic carbocycles. The molecule has 2 rings (SSSR count). The Morgan fingerprint density at radius 1 is 1.53 bits per heavy atom. The number of hydrogen-bond acceptors (Lipinski definition) is 3. The van der Waals surface area contributed by atoms with E-state index in [2.05, 4.69) is 34.6 Å². The first-order valence-electron chi connectivity index (χ1n) is 6.72. The van der Waals surface area contributed by atoms with Crippen LogP contribution < -0.4 is 5.73 Å². The Balaban J connectivity index is 2.00. The van der Waals surface area contributed by atoms with Gasteiger partial charge in [-0.1, -0.05) is 0 Å². The van der Waals surface area contributed by atoms with E-state index in [1.165, 1.54) is 18.5 Å². The second-order valence-corrected chi connectivity index (χ2v) is 4.94. The fourth-order valence-corrected chi connectivity index (χ4v) is 2.33. The molecule has 1 aromatic rings. The van der Waals surface area contributed by atoms with Crippen molar-refractivity contribution in [3.63, 3.8) is 0 Å². The smallest absolute Gasteiger partial charge is 0.0597 e. The molecule has 0 aliphatic heterocycles. The molecule has 0 radical (unpaired) electrons. The Kier molecular flexibility index (Phi) is 4.18. The van der Waals surface area contributed by atoms with Crippen LogP contribution in [0.5, 0.6) is 0 Å². The van der Waals surface area contributed by atoms with Crippen molar-refractivity contribution >= 4 is 0 Å². The van der Waals surface area contributed by atoms with E-state index in [-0.39, 0.29) is 0 Å². The van der Waals surface area contributed by atoms with Crippen LogP contribution in [0.15, 0.2) is 6.07 Å². The number of nitrogens with zero attached hydrogens (tertiary/aromatic N) is 3. The second kappa shape index (κ2) is 5.65. The van der Waals surface area contributed by atoms with Crippen molar-refractivity contribution in [2.45, 2.75) is 52.2 Å². The summed E-state index contributed by atoms with van der Waals surface area (Å²) in [7, 11) is 0. The van der Waals surface area contributed by atoms with Gasteiger partial charge in [0.25, 0.3) is 0 Å². The monoisotopic (exact) mass is 236 g/mol. The SMILES string of the molecule is CCn1nc(C)cc1CN(CCCN)C1CC1. The van der Waals surface area contributed by atoms with Crippen molar-refractivity contribution < 1.29 is 0 Å². The number of aryl methyl sites for hydroxylation is 2. The molecule has 0 spiro atoms. The second-order valence-electron chi connectivity index (χ2n) is 4.94. The zero-order valence-electron chi connectivity index (χ0n) is 11.0. The van der Waals surface area contributed by atoms with Gasteiger partial charge in [0.15, 0.2) is 0 Å². The fourth-order valence-electron chi connectivity index (χ4n) is 2.33. The van der Waals surface area contributed by atoms with Crippen LogP contribution in [-0.2, 0) is 13.1 Å². The van der Waals surface area contributed by atoms with Gasteiger partial charge in [0.2, 0.25) is 0 Å². The Morgan fingerprint density at radius 3 is 2.88 bits per heavy atom. The van der Waals surface area contributed by atoms with Gasteiger partial charge in [0.05, 0.1) is 11.4 Å². The maximum Gasteiger partial charge on any atom is 0.0597 e. The van der Waals surface area contributed by atoms with Crippen LogP contribution in [0.3, 0.4) is 0 Å². The molecule has 1 heterocycles. The highest BCUT2D eigenvalue weighted by Gasteiger charge is 2.29. The van der Waals surface area contributed by atoms with Crippen LogP contribution in [0.25, 0.3) is 0 Å². The standard InChI is InChI=1S/C13H24N4/c1-3-17-13(9-11(2)15-17)10-16(8-4-7-14)12-5-6-12/h9,12H,3-8,10,14H2,1-2H3. The van der Waals surface area contributed by atoms with Crippen LogP contribution in [-0.4, -0.2) is 33.8 Å². The lowest BCUT2D eigenvalue weighted by Gasteiger charge is -2.21.